The van der Waals surface area contributed by atoms with Gasteiger partial charge in [0.2, 0.25) is 0 Å². The summed E-state index contributed by atoms with van der Waals surface area (Å²) in [7, 11) is 1.72. The van der Waals surface area contributed by atoms with Gasteiger partial charge in [0.05, 0.1) is 16.2 Å². The maximum atomic E-state index is 12.1. The molecule has 1 amide bonds. The Hall–Kier alpha value is -2.48. The smallest absolute Gasteiger partial charge is 0.271 e. The van der Waals surface area contributed by atoms with Gasteiger partial charge in [-0.3, -0.25) is 14.9 Å². The molecule has 0 bridgehead atoms. The summed E-state index contributed by atoms with van der Waals surface area (Å²) in [5.41, 5.74) is 0.580. The highest BCUT2D eigenvalue weighted by Gasteiger charge is 2.13. The van der Waals surface area contributed by atoms with Crippen LogP contribution < -0.4 is 10.6 Å². The molecule has 2 rings (SSSR count). The van der Waals surface area contributed by atoms with E-state index < -0.39 is 10.8 Å². The van der Waals surface area contributed by atoms with Gasteiger partial charge in [-0.25, -0.2) is 4.98 Å². The van der Waals surface area contributed by atoms with E-state index >= 15 is 0 Å². The number of carbonyl (C=O) groups excluding carboxylic acids is 1. The van der Waals surface area contributed by atoms with E-state index in [0.29, 0.717) is 21.5 Å². The molecule has 2 N–H and O–H groups in total. The van der Waals surface area contributed by atoms with Crippen LogP contribution in [0.3, 0.4) is 0 Å². The molecule has 0 aliphatic heterocycles. The molecule has 1 heterocycles. The lowest BCUT2D eigenvalue weighted by Gasteiger charge is -2.07. The van der Waals surface area contributed by atoms with Crippen molar-refractivity contribution in [2.75, 3.05) is 17.7 Å². The molecule has 0 aliphatic rings. The van der Waals surface area contributed by atoms with E-state index in [-0.39, 0.29) is 5.69 Å². The molecule has 0 fully saturated rings. The lowest BCUT2D eigenvalue weighted by Crippen LogP contribution is -2.13. The second-order valence-electron chi connectivity index (χ2n) is 4.06. The van der Waals surface area contributed by atoms with E-state index in [4.69, 9.17) is 0 Å². The number of amides is 1. The second kappa shape index (κ2) is 6.31. The highest BCUT2D eigenvalue weighted by atomic mass is 79.9. The van der Waals surface area contributed by atoms with E-state index in [2.05, 4.69) is 31.5 Å². The van der Waals surface area contributed by atoms with Crippen LogP contribution in [-0.4, -0.2) is 22.9 Å². The SMILES string of the molecule is CNc1ccc(C(=O)Nc2cc([N+](=O)[O-])ccc2Br)cn1. The first-order valence-corrected chi connectivity index (χ1v) is 6.69. The Bertz CT molecular complexity index is 688. The van der Waals surface area contributed by atoms with Gasteiger partial charge < -0.3 is 10.6 Å². The molecule has 21 heavy (non-hydrogen) atoms. The molecule has 0 atom stereocenters. The Kier molecular flexibility index (Phi) is 4.49. The molecule has 1 aromatic heterocycles. The van der Waals surface area contributed by atoms with Gasteiger partial charge in [0.15, 0.2) is 0 Å². The van der Waals surface area contributed by atoms with Crippen LogP contribution in [0, 0.1) is 10.1 Å². The Morgan fingerprint density at radius 3 is 2.67 bits per heavy atom. The summed E-state index contributed by atoms with van der Waals surface area (Å²) in [5, 5.41) is 16.2. The van der Waals surface area contributed by atoms with Crippen molar-refractivity contribution in [3.05, 3.63) is 56.7 Å². The van der Waals surface area contributed by atoms with Crippen molar-refractivity contribution in [3.63, 3.8) is 0 Å². The summed E-state index contributed by atoms with van der Waals surface area (Å²) in [6, 6.07) is 7.42. The third-order valence-electron chi connectivity index (χ3n) is 2.69. The molecule has 0 radical (unpaired) electrons. The lowest BCUT2D eigenvalue weighted by molar-refractivity contribution is -0.384. The predicted octanol–water partition coefficient (Wildman–Crippen LogP) is 3.05. The maximum Gasteiger partial charge on any atom is 0.271 e. The van der Waals surface area contributed by atoms with Crippen LogP contribution in [0.5, 0.6) is 0 Å². The largest absolute Gasteiger partial charge is 0.373 e. The number of nitrogens with one attached hydrogen (secondary N) is 2. The normalized spacial score (nSPS) is 10.0. The average Bonchev–Trinajstić information content (AvgIpc) is 2.49. The fourth-order valence-electron chi connectivity index (χ4n) is 1.59. The number of benzene rings is 1. The van der Waals surface area contributed by atoms with E-state index in [1.54, 1.807) is 19.2 Å². The first-order valence-electron chi connectivity index (χ1n) is 5.90. The van der Waals surface area contributed by atoms with E-state index in [1.807, 2.05) is 0 Å². The molecule has 108 valence electrons. The van der Waals surface area contributed by atoms with Gasteiger partial charge in [-0.1, -0.05) is 0 Å². The van der Waals surface area contributed by atoms with E-state index in [0.717, 1.165) is 0 Å². The Morgan fingerprint density at radius 2 is 2.10 bits per heavy atom. The molecule has 0 saturated carbocycles. The molecule has 8 heteroatoms. The summed E-state index contributed by atoms with van der Waals surface area (Å²) in [4.78, 5) is 26.3. The first kappa shape index (κ1) is 14.9. The van der Waals surface area contributed by atoms with Crippen LogP contribution >= 0.6 is 15.9 Å². The third kappa shape index (κ3) is 3.54. The maximum absolute atomic E-state index is 12.1. The van der Waals surface area contributed by atoms with Crippen LogP contribution in [-0.2, 0) is 0 Å². The molecular formula is C13H11BrN4O3. The van der Waals surface area contributed by atoms with Gasteiger partial charge in [-0.05, 0) is 34.1 Å². The number of nitro groups is 1. The number of nitrogens with zero attached hydrogens (tertiary/aromatic N) is 2. The number of non-ortho nitro benzene ring substituents is 1. The van der Waals surface area contributed by atoms with Crippen molar-refractivity contribution in [2.24, 2.45) is 0 Å². The quantitative estimate of drug-likeness (QED) is 0.652. The molecule has 2 aromatic rings. The topological polar surface area (TPSA) is 97.2 Å². The van der Waals surface area contributed by atoms with E-state index in [9.17, 15) is 14.9 Å². The van der Waals surface area contributed by atoms with Gasteiger partial charge in [0.25, 0.3) is 11.6 Å². The summed E-state index contributed by atoms with van der Waals surface area (Å²) in [5.74, 6) is 0.245. The molecule has 7 nitrogen and oxygen atoms in total. The number of rotatable bonds is 4. The number of halogens is 1. The van der Waals surface area contributed by atoms with Gasteiger partial charge >= 0.3 is 0 Å². The summed E-state index contributed by atoms with van der Waals surface area (Å²) in [6.45, 7) is 0. The number of hydrogen-bond donors (Lipinski definition) is 2. The summed E-state index contributed by atoms with van der Waals surface area (Å²) in [6.07, 6.45) is 1.42. The minimum Gasteiger partial charge on any atom is -0.373 e. The molecule has 0 saturated heterocycles. The number of hydrogen-bond acceptors (Lipinski definition) is 5. The third-order valence-corrected chi connectivity index (χ3v) is 3.38. The zero-order chi connectivity index (χ0) is 15.4. The highest BCUT2D eigenvalue weighted by molar-refractivity contribution is 9.10. The number of pyridine rings is 1. The van der Waals surface area contributed by atoms with Gasteiger partial charge in [-0.2, -0.15) is 0 Å². The number of nitro benzene ring substituents is 1. The standard InChI is InChI=1S/C13H11BrN4O3/c1-15-12-5-2-8(7-16-12)13(19)17-11-6-9(18(20)21)3-4-10(11)14/h2-7H,1H3,(H,15,16)(H,17,19). The number of carbonyl (C=O) groups is 1. The minimum absolute atomic E-state index is 0.0999. The fourth-order valence-corrected chi connectivity index (χ4v) is 1.94. The highest BCUT2D eigenvalue weighted by Crippen LogP contribution is 2.27. The lowest BCUT2D eigenvalue weighted by atomic mass is 10.2. The fraction of sp³-hybridized carbons (Fsp3) is 0.0769. The van der Waals surface area contributed by atoms with Gasteiger partial charge in [0.1, 0.15) is 5.82 Å². The summed E-state index contributed by atoms with van der Waals surface area (Å²) >= 11 is 3.24. The van der Waals surface area contributed by atoms with Gasteiger partial charge in [-0.15, -0.1) is 0 Å². The Morgan fingerprint density at radius 1 is 1.33 bits per heavy atom. The zero-order valence-corrected chi connectivity index (χ0v) is 12.5. The molecule has 0 spiro atoms. The van der Waals surface area contributed by atoms with Crippen molar-refractivity contribution in [1.29, 1.82) is 0 Å². The average molecular weight is 351 g/mol. The van der Waals surface area contributed by atoms with Crippen LogP contribution in [0.1, 0.15) is 10.4 Å². The zero-order valence-electron chi connectivity index (χ0n) is 11.0. The van der Waals surface area contributed by atoms with Gasteiger partial charge in [0, 0.05) is 29.8 Å². The number of anilines is 2. The monoisotopic (exact) mass is 350 g/mol. The summed E-state index contributed by atoms with van der Waals surface area (Å²) < 4.78 is 0.557. The van der Waals surface area contributed by atoms with Crippen molar-refractivity contribution < 1.29 is 9.72 Å². The van der Waals surface area contributed by atoms with Crippen LogP contribution in [0.2, 0.25) is 0 Å². The predicted molar refractivity (Wildman–Crippen MR) is 82.5 cm³/mol. The Balaban J connectivity index is 2.22. The van der Waals surface area contributed by atoms with Crippen molar-refractivity contribution in [1.82, 2.24) is 4.98 Å². The molecule has 0 aliphatic carbocycles. The first-order chi connectivity index (χ1) is 10.0. The molecule has 1 aromatic carbocycles. The molecule has 0 unspecified atom stereocenters. The second-order valence-corrected chi connectivity index (χ2v) is 4.91. The van der Waals surface area contributed by atoms with Crippen molar-refractivity contribution >= 4 is 39.0 Å². The van der Waals surface area contributed by atoms with Crippen LogP contribution in [0.25, 0.3) is 0 Å². The van der Waals surface area contributed by atoms with Crippen molar-refractivity contribution in [2.45, 2.75) is 0 Å². The van der Waals surface area contributed by atoms with Crippen molar-refractivity contribution in [3.8, 4) is 0 Å². The van der Waals surface area contributed by atoms with Crippen LogP contribution in [0.15, 0.2) is 41.0 Å². The number of aromatic nitrogens is 1. The van der Waals surface area contributed by atoms with E-state index in [1.165, 1.54) is 24.4 Å². The minimum atomic E-state index is -0.522. The van der Waals surface area contributed by atoms with Crippen LogP contribution in [0.4, 0.5) is 17.2 Å². The Labute approximate surface area is 128 Å². The molecular weight excluding hydrogens is 340 g/mol.